The van der Waals surface area contributed by atoms with Gasteiger partial charge >= 0.3 is 0 Å². The first-order valence-corrected chi connectivity index (χ1v) is 11.7. The van der Waals surface area contributed by atoms with Crippen LogP contribution in [0.1, 0.15) is 45.1 Å². The molecule has 35 heavy (non-hydrogen) atoms. The van der Waals surface area contributed by atoms with Crippen molar-refractivity contribution in [1.29, 1.82) is 0 Å². The molecule has 10 heteroatoms. The molecular weight excluding hydrogens is 471 g/mol. The first kappa shape index (κ1) is 24.2. The van der Waals surface area contributed by atoms with Gasteiger partial charge in [0.15, 0.2) is 11.5 Å². The highest BCUT2D eigenvalue weighted by Gasteiger charge is 2.18. The largest absolute Gasteiger partial charge is 0.493 e. The van der Waals surface area contributed by atoms with Crippen LogP contribution in [-0.2, 0) is 6.54 Å². The van der Waals surface area contributed by atoms with E-state index >= 15 is 0 Å². The van der Waals surface area contributed by atoms with Crippen molar-refractivity contribution in [2.45, 2.75) is 33.4 Å². The third-order valence-corrected chi connectivity index (χ3v) is 6.30. The van der Waals surface area contributed by atoms with Crippen LogP contribution in [0.15, 0.2) is 48.5 Å². The summed E-state index contributed by atoms with van der Waals surface area (Å²) in [4.78, 5) is 26.6. The summed E-state index contributed by atoms with van der Waals surface area (Å²) in [6.07, 6.45) is -0.0458. The molecule has 182 valence electrons. The lowest BCUT2D eigenvalue weighted by atomic mass is 10.2. The zero-order chi connectivity index (χ0) is 25.1. The van der Waals surface area contributed by atoms with Crippen LogP contribution in [0.25, 0.3) is 10.2 Å². The highest BCUT2D eigenvalue weighted by atomic mass is 32.1. The Labute approximate surface area is 205 Å². The standard InChI is InChI=1S/C25H25FN4O4S/c1-14(2)34-20-10-7-17(11-21(20)33-4)23(31)27-28-24(32)22-12-19-15(3)29-30(25(19)35-22)13-16-5-8-18(26)9-6-16/h5-12,14H,13H2,1-4H3,(H,27,31)(H,28,32). The Hall–Kier alpha value is -3.92. The number of hydrogen-bond acceptors (Lipinski definition) is 6. The first-order valence-electron chi connectivity index (χ1n) is 10.9. The molecule has 0 fully saturated rings. The molecule has 0 aliphatic heterocycles. The topological polar surface area (TPSA) is 94.5 Å². The summed E-state index contributed by atoms with van der Waals surface area (Å²) in [6.45, 7) is 6.10. The number of halogens is 1. The maximum absolute atomic E-state index is 13.2. The number of hydrazine groups is 1. The fraction of sp³-hybridized carbons (Fsp3) is 0.240. The van der Waals surface area contributed by atoms with E-state index in [1.165, 1.54) is 30.6 Å². The number of carbonyl (C=O) groups excluding carboxylic acids is 2. The molecule has 0 spiro atoms. The van der Waals surface area contributed by atoms with Crippen molar-refractivity contribution in [1.82, 2.24) is 20.6 Å². The Morgan fingerprint density at radius 1 is 1.06 bits per heavy atom. The van der Waals surface area contributed by atoms with Gasteiger partial charge in [-0.2, -0.15) is 5.10 Å². The maximum Gasteiger partial charge on any atom is 0.279 e. The minimum Gasteiger partial charge on any atom is -0.493 e. The van der Waals surface area contributed by atoms with Crippen LogP contribution in [0.2, 0.25) is 0 Å². The molecule has 0 aliphatic rings. The van der Waals surface area contributed by atoms with Gasteiger partial charge in [0, 0.05) is 10.9 Å². The molecule has 8 nitrogen and oxygen atoms in total. The zero-order valence-corrected chi connectivity index (χ0v) is 20.5. The third-order valence-electron chi connectivity index (χ3n) is 5.15. The van der Waals surface area contributed by atoms with E-state index in [0.717, 1.165) is 21.5 Å². The van der Waals surface area contributed by atoms with E-state index in [2.05, 4.69) is 16.0 Å². The van der Waals surface area contributed by atoms with E-state index in [-0.39, 0.29) is 11.9 Å². The van der Waals surface area contributed by atoms with Crippen LogP contribution in [0.3, 0.4) is 0 Å². The van der Waals surface area contributed by atoms with Gasteiger partial charge in [-0.15, -0.1) is 11.3 Å². The van der Waals surface area contributed by atoms with Gasteiger partial charge in [0.25, 0.3) is 11.8 Å². The van der Waals surface area contributed by atoms with Gasteiger partial charge in [-0.05, 0) is 62.7 Å². The zero-order valence-electron chi connectivity index (χ0n) is 19.7. The molecule has 0 atom stereocenters. The van der Waals surface area contributed by atoms with Crippen molar-refractivity contribution in [3.05, 3.63) is 76.0 Å². The highest BCUT2D eigenvalue weighted by Crippen LogP contribution is 2.30. The summed E-state index contributed by atoms with van der Waals surface area (Å²) < 4.78 is 26.0. The SMILES string of the molecule is COc1cc(C(=O)NNC(=O)c2cc3c(C)nn(Cc4ccc(F)cc4)c3s2)ccc1OC(C)C. The molecule has 0 bridgehead atoms. The minimum absolute atomic E-state index is 0.0458. The lowest BCUT2D eigenvalue weighted by Gasteiger charge is -2.14. The summed E-state index contributed by atoms with van der Waals surface area (Å²) in [5.41, 5.74) is 6.86. The predicted molar refractivity (Wildman–Crippen MR) is 132 cm³/mol. The average Bonchev–Trinajstić information content (AvgIpc) is 3.39. The van der Waals surface area contributed by atoms with Gasteiger partial charge in [-0.1, -0.05) is 12.1 Å². The maximum atomic E-state index is 13.2. The Bertz CT molecular complexity index is 1380. The molecule has 0 aliphatic carbocycles. The van der Waals surface area contributed by atoms with Gasteiger partial charge in [0.1, 0.15) is 10.6 Å². The number of hydrogen-bond donors (Lipinski definition) is 2. The van der Waals surface area contributed by atoms with Crippen molar-refractivity contribution in [2.75, 3.05) is 7.11 Å². The molecule has 2 heterocycles. The molecule has 2 aromatic carbocycles. The predicted octanol–water partition coefficient (Wildman–Crippen LogP) is 4.46. The van der Waals surface area contributed by atoms with Crippen LogP contribution in [-0.4, -0.2) is 34.8 Å². The second-order valence-corrected chi connectivity index (χ2v) is 9.17. The van der Waals surface area contributed by atoms with Crippen LogP contribution >= 0.6 is 11.3 Å². The van der Waals surface area contributed by atoms with E-state index in [1.54, 1.807) is 41.1 Å². The normalized spacial score (nSPS) is 11.0. The summed E-state index contributed by atoms with van der Waals surface area (Å²) in [7, 11) is 1.49. The third kappa shape index (κ3) is 5.43. The fourth-order valence-electron chi connectivity index (χ4n) is 3.50. The first-order chi connectivity index (χ1) is 16.7. The van der Waals surface area contributed by atoms with Gasteiger partial charge in [0.2, 0.25) is 0 Å². The number of ether oxygens (including phenoxy) is 2. The van der Waals surface area contributed by atoms with Crippen LogP contribution in [0.5, 0.6) is 11.5 Å². The summed E-state index contributed by atoms with van der Waals surface area (Å²) in [5, 5.41) is 5.38. The number of methoxy groups -OCH3 is 1. The molecule has 0 saturated carbocycles. The van der Waals surface area contributed by atoms with Gasteiger partial charge in [-0.25, -0.2) is 4.39 Å². The quantitative estimate of drug-likeness (QED) is 0.369. The summed E-state index contributed by atoms with van der Waals surface area (Å²) in [5.74, 6) is -0.292. The van der Waals surface area contributed by atoms with Gasteiger partial charge in [0.05, 0.1) is 30.3 Å². The van der Waals surface area contributed by atoms with Crippen LogP contribution in [0, 0.1) is 12.7 Å². The number of carbonyl (C=O) groups is 2. The Kier molecular flexibility index (Phi) is 7.02. The van der Waals surface area contributed by atoms with Crippen molar-refractivity contribution >= 4 is 33.4 Å². The minimum atomic E-state index is -0.493. The number of amides is 2. The van der Waals surface area contributed by atoms with Gasteiger partial charge in [-0.3, -0.25) is 25.1 Å². The smallest absolute Gasteiger partial charge is 0.279 e. The van der Waals surface area contributed by atoms with Crippen LogP contribution < -0.4 is 20.3 Å². The summed E-state index contributed by atoms with van der Waals surface area (Å²) in [6, 6.07) is 12.7. The molecule has 4 aromatic rings. The lowest BCUT2D eigenvalue weighted by molar-refractivity contribution is 0.0848. The van der Waals surface area contributed by atoms with E-state index in [9.17, 15) is 14.0 Å². The average molecular weight is 497 g/mol. The molecule has 2 amide bonds. The van der Waals surface area contributed by atoms with E-state index in [0.29, 0.717) is 28.5 Å². The van der Waals surface area contributed by atoms with Crippen molar-refractivity contribution in [2.24, 2.45) is 0 Å². The second-order valence-electron chi connectivity index (χ2n) is 8.14. The second kappa shape index (κ2) is 10.1. The van der Waals surface area contributed by atoms with Crippen molar-refractivity contribution in [3.63, 3.8) is 0 Å². The Morgan fingerprint density at radius 2 is 1.77 bits per heavy atom. The lowest BCUT2D eigenvalue weighted by Crippen LogP contribution is -2.41. The Balaban J connectivity index is 1.45. The summed E-state index contributed by atoms with van der Waals surface area (Å²) >= 11 is 1.26. The molecule has 0 saturated heterocycles. The number of aromatic nitrogens is 2. The fourth-order valence-corrected chi connectivity index (χ4v) is 4.56. The van der Waals surface area contributed by atoms with Crippen molar-refractivity contribution < 1.29 is 23.5 Å². The number of nitrogens with one attached hydrogen (secondary N) is 2. The molecule has 2 aromatic heterocycles. The number of rotatable bonds is 7. The highest BCUT2D eigenvalue weighted by molar-refractivity contribution is 7.20. The number of fused-ring (bicyclic) bond motifs is 1. The van der Waals surface area contributed by atoms with E-state index < -0.39 is 11.8 Å². The number of aryl methyl sites for hydroxylation is 1. The Morgan fingerprint density at radius 3 is 2.46 bits per heavy atom. The number of benzene rings is 2. The molecule has 4 rings (SSSR count). The monoisotopic (exact) mass is 496 g/mol. The van der Waals surface area contributed by atoms with Gasteiger partial charge < -0.3 is 9.47 Å². The molecule has 2 N–H and O–H groups in total. The van der Waals surface area contributed by atoms with E-state index in [4.69, 9.17) is 9.47 Å². The molecular formula is C25H25FN4O4S. The molecule has 0 radical (unpaired) electrons. The number of thiophene rings is 1. The van der Waals surface area contributed by atoms with Crippen LogP contribution in [0.4, 0.5) is 4.39 Å². The number of nitrogens with zero attached hydrogens (tertiary/aromatic N) is 2. The van der Waals surface area contributed by atoms with Crippen molar-refractivity contribution in [3.8, 4) is 11.5 Å². The van der Waals surface area contributed by atoms with E-state index in [1.807, 2.05) is 20.8 Å². The molecule has 0 unspecified atom stereocenters.